The number of carboxylic acid groups (broad SMARTS) is 1. The van der Waals surface area contributed by atoms with E-state index < -0.39 is 23.2 Å². The van der Waals surface area contributed by atoms with Crippen molar-refractivity contribution in [1.82, 2.24) is 15.1 Å². The van der Waals surface area contributed by atoms with E-state index in [1.807, 2.05) is 29.2 Å². The first kappa shape index (κ1) is 32.8. The molecular weight excluding hydrogens is 574 g/mol. The lowest BCUT2D eigenvalue weighted by atomic mass is 9.77. The van der Waals surface area contributed by atoms with Crippen molar-refractivity contribution in [1.29, 1.82) is 0 Å². The summed E-state index contributed by atoms with van der Waals surface area (Å²) in [4.78, 5) is 43.0. The quantitative estimate of drug-likeness (QED) is 0.316. The number of nitrogens with zero attached hydrogens (tertiary/aromatic N) is 2. The van der Waals surface area contributed by atoms with Gasteiger partial charge in [-0.25, -0.2) is 4.79 Å². The smallest absolute Gasteiger partial charge is 0.335 e. The van der Waals surface area contributed by atoms with Crippen LogP contribution >= 0.6 is 0 Å². The van der Waals surface area contributed by atoms with Gasteiger partial charge in [0.15, 0.2) is 0 Å². The molecule has 5 rings (SSSR count). The Morgan fingerprint density at radius 1 is 1.02 bits per heavy atom. The van der Waals surface area contributed by atoms with Crippen molar-refractivity contribution in [3.8, 4) is 11.5 Å². The Bertz CT molecular complexity index is 1350. The summed E-state index contributed by atoms with van der Waals surface area (Å²) < 4.78 is 11.3. The molecule has 2 amide bonds. The third-order valence-corrected chi connectivity index (χ3v) is 9.85. The van der Waals surface area contributed by atoms with E-state index in [1.165, 1.54) is 19.2 Å². The van der Waals surface area contributed by atoms with E-state index in [0.29, 0.717) is 63.2 Å². The molecule has 0 bridgehead atoms. The van der Waals surface area contributed by atoms with Crippen LogP contribution in [0.4, 0.5) is 0 Å². The fourth-order valence-electron chi connectivity index (χ4n) is 7.13. The molecule has 2 aliphatic heterocycles. The Morgan fingerprint density at radius 2 is 1.73 bits per heavy atom. The normalized spacial score (nSPS) is 21.4. The van der Waals surface area contributed by atoms with Crippen LogP contribution in [0, 0.1) is 0 Å². The summed E-state index contributed by atoms with van der Waals surface area (Å²) >= 11 is 0. The van der Waals surface area contributed by atoms with E-state index in [-0.39, 0.29) is 24.0 Å². The number of likely N-dealkylation sites (tertiary alicyclic amines) is 1. The van der Waals surface area contributed by atoms with Crippen LogP contribution in [0.2, 0.25) is 0 Å². The summed E-state index contributed by atoms with van der Waals surface area (Å²) in [5, 5.41) is 23.4. The van der Waals surface area contributed by atoms with Gasteiger partial charge in [-0.3, -0.25) is 14.5 Å². The van der Waals surface area contributed by atoms with Crippen molar-refractivity contribution in [3.63, 3.8) is 0 Å². The monoisotopic (exact) mass is 621 g/mol. The first-order valence-corrected chi connectivity index (χ1v) is 16.4. The molecule has 2 aromatic rings. The lowest BCUT2D eigenvalue weighted by Gasteiger charge is -2.52. The van der Waals surface area contributed by atoms with Crippen LogP contribution in [0.3, 0.4) is 0 Å². The summed E-state index contributed by atoms with van der Waals surface area (Å²) in [6.07, 6.45) is 7.63. The van der Waals surface area contributed by atoms with Crippen LogP contribution in [-0.4, -0.2) is 81.7 Å². The highest BCUT2D eigenvalue weighted by atomic mass is 16.5. The average Bonchev–Trinajstić information content (AvgIpc) is 3.04. The highest BCUT2D eigenvalue weighted by Crippen LogP contribution is 2.38. The molecule has 3 N–H and O–H groups in total. The minimum absolute atomic E-state index is 0.0402. The molecule has 1 spiro atoms. The van der Waals surface area contributed by atoms with Gasteiger partial charge in [-0.1, -0.05) is 50.8 Å². The van der Waals surface area contributed by atoms with Crippen LogP contribution < -0.4 is 14.8 Å². The van der Waals surface area contributed by atoms with Gasteiger partial charge in [-0.15, -0.1) is 0 Å². The third kappa shape index (κ3) is 7.44. The predicted octanol–water partition coefficient (Wildman–Crippen LogP) is 4.52. The van der Waals surface area contributed by atoms with Gasteiger partial charge in [-0.05, 0) is 61.9 Å². The molecule has 1 saturated carbocycles. The molecule has 3 fully saturated rings. The van der Waals surface area contributed by atoms with Crippen LogP contribution in [-0.2, 0) is 22.7 Å². The minimum atomic E-state index is -1.01. The number of piperidine rings is 1. The summed E-state index contributed by atoms with van der Waals surface area (Å²) in [7, 11) is 1.50. The summed E-state index contributed by atoms with van der Waals surface area (Å²) in [6, 6.07) is 11.9. The number of amides is 2. The summed E-state index contributed by atoms with van der Waals surface area (Å²) in [5.41, 5.74) is 0.316. The van der Waals surface area contributed by atoms with Crippen molar-refractivity contribution < 1.29 is 34.1 Å². The predicted molar refractivity (Wildman–Crippen MR) is 169 cm³/mol. The number of rotatable bonds is 12. The Balaban J connectivity index is 1.17. The molecule has 10 heteroatoms. The second-order valence-electron chi connectivity index (χ2n) is 12.9. The maximum Gasteiger partial charge on any atom is 0.335 e. The zero-order chi connectivity index (χ0) is 32.0. The molecule has 2 heterocycles. The first-order chi connectivity index (χ1) is 21.7. The number of piperazine rings is 1. The number of carbonyl (C=O) groups excluding carboxylic acids is 2. The van der Waals surface area contributed by atoms with Gasteiger partial charge in [0.05, 0.1) is 18.3 Å². The Labute approximate surface area is 265 Å². The van der Waals surface area contributed by atoms with Crippen molar-refractivity contribution in [2.75, 3.05) is 26.7 Å². The molecule has 0 unspecified atom stereocenters. The van der Waals surface area contributed by atoms with Gasteiger partial charge in [0.1, 0.15) is 29.7 Å². The third-order valence-electron chi connectivity index (χ3n) is 9.85. The number of ether oxygens (including phenoxy) is 2. The SMILES string of the molecule is CCCCN1C(=O)[C@@H](CC2(O)CCCCC2)NC(=O)C12CCN(Cc1ccc(OCc3ccc(C(=O)O)cc3OC)cc1)CC2. The van der Waals surface area contributed by atoms with Gasteiger partial charge >= 0.3 is 5.97 Å². The number of benzene rings is 2. The van der Waals surface area contributed by atoms with Crippen molar-refractivity contribution >= 4 is 17.8 Å². The number of hydrogen-bond donors (Lipinski definition) is 3. The van der Waals surface area contributed by atoms with Crippen LogP contribution in [0.1, 0.15) is 92.6 Å². The van der Waals surface area contributed by atoms with Crippen LogP contribution in [0.15, 0.2) is 42.5 Å². The molecule has 2 saturated heterocycles. The minimum Gasteiger partial charge on any atom is -0.496 e. The number of nitrogens with one attached hydrogen (secondary N) is 1. The molecule has 244 valence electrons. The van der Waals surface area contributed by atoms with Crippen LogP contribution in [0.25, 0.3) is 0 Å². The highest BCUT2D eigenvalue weighted by Gasteiger charge is 2.54. The number of methoxy groups -OCH3 is 1. The lowest BCUT2D eigenvalue weighted by Crippen LogP contribution is -2.73. The molecule has 1 aliphatic carbocycles. The molecule has 0 radical (unpaired) electrons. The molecule has 3 aliphatic rings. The molecule has 45 heavy (non-hydrogen) atoms. The zero-order valence-corrected chi connectivity index (χ0v) is 26.6. The molecular formula is C35H47N3O7. The number of hydrogen-bond acceptors (Lipinski definition) is 7. The van der Waals surface area contributed by atoms with Gasteiger partial charge < -0.3 is 29.9 Å². The van der Waals surface area contributed by atoms with E-state index in [1.54, 1.807) is 6.07 Å². The first-order valence-electron chi connectivity index (χ1n) is 16.4. The fourth-order valence-corrected chi connectivity index (χ4v) is 7.13. The molecule has 0 aromatic heterocycles. The van der Waals surface area contributed by atoms with Gasteiger partial charge in [0, 0.05) is 38.2 Å². The highest BCUT2D eigenvalue weighted by molar-refractivity contribution is 6.00. The van der Waals surface area contributed by atoms with Gasteiger partial charge in [-0.2, -0.15) is 0 Å². The molecule has 10 nitrogen and oxygen atoms in total. The zero-order valence-electron chi connectivity index (χ0n) is 26.6. The Kier molecular flexibility index (Phi) is 10.3. The van der Waals surface area contributed by atoms with Gasteiger partial charge in [0.25, 0.3) is 0 Å². The van der Waals surface area contributed by atoms with E-state index in [4.69, 9.17) is 9.47 Å². The maximum absolute atomic E-state index is 13.8. The number of carbonyl (C=O) groups is 3. The fraction of sp³-hybridized carbons (Fsp3) is 0.571. The number of carboxylic acids is 1. The van der Waals surface area contributed by atoms with Crippen molar-refractivity contribution in [2.24, 2.45) is 0 Å². The Hall–Kier alpha value is -3.63. The van der Waals surface area contributed by atoms with Crippen molar-refractivity contribution in [2.45, 2.75) is 101 Å². The summed E-state index contributed by atoms with van der Waals surface area (Å²) in [6.45, 7) is 5.02. The standard InChI is InChI=1S/C35H47N3O7/c1-3-4-18-38-31(39)29(22-34(43)14-6-5-7-15-34)36-33(42)35(38)16-19-37(20-17-35)23-25-8-12-28(13-9-25)45-24-27-11-10-26(32(40)41)21-30(27)44-2/h8-13,21,29,43H,3-7,14-20,22-24H2,1-2H3,(H,36,42)(H,40,41)/t29-/m1/s1. The topological polar surface area (TPSA) is 129 Å². The van der Waals surface area contributed by atoms with Crippen LogP contribution in [0.5, 0.6) is 11.5 Å². The second-order valence-corrected chi connectivity index (χ2v) is 12.9. The number of aliphatic hydroxyl groups is 1. The maximum atomic E-state index is 13.8. The second kappa shape index (κ2) is 14.2. The van der Waals surface area contributed by atoms with E-state index in [0.717, 1.165) is 49.8 Å². The number of aromatic carboxylic acids is 1. The largest absolute Gasteiger partial charge is 0.496 e. The Morgan fingerprint density at radius 3 is 2.38 bits per heavy atom. The molecule has 1 atom stereocenters. The van der Waals surface area contributed by atoms with E-state index >= 15 is 0 Å². The molecule has 2 aromatic carbocycles. The van der Waals surface area contributed by atoms with Gasteiger partial charge in [0.2, 0.25) is 11.8 Å². The van der Waals surface area contributed by atoms with E-state index in [9.17, 15) is 24.6 Å². The lowest BCUT2D eigenvalue weighted by molar-refractivity contribution is -0.163. The number of unbranched alkanes of at least 4 members (excludes halogenated alkanes) is 1. The summed E-state index contributed by atoms with van der Waals surface area (Å²) in [5.74, 6) is 0.0354. The average molecular weight is 622 g/mol. The van der Waals surface area contributed by atoms with Crippen molar-refractivity contribution in [3.05, 3.63) is 59.2 Å². The van der Waals surface area contributed by atoms with E-state index in [2.05, 4.69) is 17.1 Å².